The van der Waals surface area contributed by atoms with Crippen LogP contribution >= 0.6 is 0 Å². The smallest absolute Gasteiger partial charge is 0.307 e. The summed E-state index contributed by atoms with van der Waals surface area (Å²) in [6.45, 7) is 12.5. The summed E-state index contributed by atoms with van der Waals surface area (Å²) in [7, 11) is 0. The second-order valence-corrected chi connectivity index (χ2v) is 10.9. The topological polar surface area (TPSA) is 62.7 Å². The zero-order valence-electron chi connectivity index (χ0n) is 22.5. The number of halogens is 1. The van der Waals surface area contributed by atoms with Gasteiger partial charge in [0.15, 0.2) is 0 Å². The van der Waals surface area contributed by atoms with E-state index in [2.05, 4.69) is 18.7 Å². The van der Waals surface area contributed by atoms with Gasteiger partial charge in [0.25, 0.3) is 0 Å². The van der Waals surface area contributed by atoms with Crippen molar-refractivity contribution in [2.24, 2.45) is 5.41 Å². The summed E-state index contributed by atoms with van der Waals surface area (Å²) in [6.07, 6.45) is 2.75. The summed E-state index contributed by atoms with van der Waals surface area (Å²) in [5, 5.41) is 9.68. The van der Waals surface area contributed by atoms with Gasteiger partial charge < -0.3 is 14.7 Å². The molecule has 1 aliphatic rings. The second-order valence-electron chi connectivity index (χ2n) is 10.9. The standard InChI is InChI=1S/C31H37FN2O3/c1-20-18-23(6-11-27(20)32)12-17-37-25-9-7-24(8-10-25)29-22(3)33-21(2)26(19-28(35)36)30(29)34-15-13-31(4,5)14-16-34/h6-11,18H,12-17,19H2,1-5H3,(H,35,36). The molecule has 4 rings (SSSR count). The number of carboxylic acids is 1. The summed E-state index contributed by atoms with van der Waals surface area (Å²) in [6, 6.07) is 13.1. The first-order valence-corrected chi connectivity index (χ1v) is 13.0. The minimum atomic E-state index is -0.849. The Kier molecular flexibility index (Phi) is 7.86. The Morgan fingerprint density at radius 2 is 1.73 bits per heavy atom. The maximum absolute atomic E-state index is 13.5. The fourth-order valence-corrected chi connectivity index (χ4v) is 5.13. The average molecular weight is 505 g/mol. The van der Waals surface area contributed by atoms with Gasteiger partial charge in [-0.15, -0.1) is 0 Å². The molecule has 1 saturated heterocycles. The molecule has 0 bridgehead atoms. The molecule has 2 aromatic carbocycles. The van der Waals surface area contributed by atoms with Crippen molar-refractivity contribution in [3.63, 3.8) is 0 Å². The van der Waals surface area contributed by atoms with E-state index in [9.17, 15) is 14.3 Å². The summed E-state index contributed by atoms with van der Waals surface area (Å²) < 4.78 is 19.5. The molecular weight excluding hydrogens is 467 g/mol. The third-order valence-corrected chi connectivity index (χ3v) is 7.44. The Hall–Kier alpha value is -3.41. The third-order valence-electron chi connectivity index (χ3n) is 7.44. The van der Waals surface area contributed by atoms with Crippen LogP contribution in [-0.2, 0) is 17.6 Å². The highest BCUT2D eigenvalue weighted by atomic mass is 19.1. The van der Waals surface area contributed by atoms with Gasteiger partial charge in [0.05, 0.1) is 18.7 Å². The number of piperidine rings is 1. The predicted octanol–water partition coefficient (Wildman–Crippen LogP) is 6.69. The molecule has 0 saturated carbocycles. The van der Waals surface area contributed by atoms with Gasteiger partial charge in [-0.1, -0.05) is 38.1 Å². The molecule has 37 heavy (non-hydrogen) atoms. The lowest BCUT2D eigenvalue weighted by molar-refractivity contribution is -0.136. The van der Waals surface area contributed by atoms with Crippen LogP contribution in [0.25, 0.3) is 11.1 Å². The number of pyridine rings is 1. The van der Waals surface area contributed by atoms with Gasteiger partial charge >= 0.3 is 5.97 Å². The molecular formula is C31H37FN2O3. The van der Waals surface area contributed by atoms with Crippen molar-refractivity contribution in [1.29, 1.82) is 0 Å². The maximum atomic E-state index is 13.5. The lowest BCUT2D eigenvalue weighted by Gasteiger charge is -2.40. The first-order valence-electron chi connectivity index (χ1n) is 13.0. The van der Waals surface area contributed by atoms with Gasteiger partial charge in [0.2, 0.25) is 0 Å². The highest BCUT2D eigenvalue weighted by Gasteiger charge is 2.30. The zero-order valence-corrected chi connectivity index (χ0v) is 22.5. The Labute approximate surface area is 219 Å². The van der Waals surface area contributed by atoms with E-state index >= 15 is 0 Å². The number of hydrogen-bond acceptors (Lipinski definition) is 4. The number of carboxylic acid groups (broad SMARTS) is 1. The highest BCUT2D eigenvalue weighted by molar-refractivity contribution is 5.86. The number of benzene rings is 2. The van der Waals surface area contributed by atoms with Crippen LogP contribution in [0.4, 0.5) is 10.1 Å². The van der Waals surface area contributed by atoms with E-state index in [0.717, 1.165) is 71.0 Å². The number of ether oxygens (including phenoxy) is 1. The number of rotatable bonds is 8. The minimum Gasteiger partial charge on any atom is -0.493 e. The molecule has 1 aliphatic heterocycles. The van der Waals surface area contributed by atoms with E-state index in [1.54, 1.807) is 13.0 Å². The normalized spacial score (nSPS) is 15.0. The molecule has 2 heterocycles. The third kappa shape index (κ3) is 6.30. The van der Waals surface area contributed by atoms with Crippen LogP contribution in [0.3, 0.4) is 0 Å². The number of aryl methyl sites for hydroxylation is 3. The van der Waals surface area contributed by atoms with E-state index in [0.29, 0.717) is 18.6 Å². The molecule has 5 nitrogen and oxygen atoms in total. The van der Waals surface area contributed by atoms with Crippen molar-refractivity contribution < 1.29 is 19.0 Å². The lowest BCUT2D eigenvalue weighted by Crippen LogP contribution is -2.38. The maximum Gasteiger partial charge on any atom is 0.307 e. The number of aromatic nitrogens is 1. The Morgan fingerprint density at radius 1 is 1.05 bits per heavy atom. The Bertz CT molecular complexity index is 1270. The van der Waals surface area contributed by atoms with Crippen molar-refractivity contribution in [3.8, 4) is 16.9 Å². The van der Waals surface area contributed by atoms with Gasteiger partial charge in [0, 0.05) is 42.0 Å². The first kappa shape index (κ1) is 26.6. The monoisotopic (exact) mass is 504 g/mol. The van der Waals surface area contributed by atoms with Crippen molar-refractivity contribution in [2.75, 3.05) is 24.6 Å². The second kappa shape index (κ2) is 10.9. The molecule has 0 aliphatic carbocycles. The molecule has 1 aromatic heterocycles. The molecule has 0 spiro atoms. The van der Waals surface area contributed by atoms with E-state index < -0.39 is 5.97 Å². The molecule has 3 aromatic rings. The molecule has 0 amide bonds. The molecule has 0 radical (unpaired) electrons. The summed E-state index contributed by atoms with van der Waals surface area (Å²) in [4.78, 5) is 18.9. The largest absolute Gasteiger partial charge is 0.493 e. The van der Waals surface area contributed by atoms with E-state index in [-0.39, 0.29) is 17.7 Å². The predicted molar refractivity (Wildman–Crippen MR) is 146 cm³/mol. The quantitative estimate of drug-likeness (QED) is 0.370. The molecule has 1 fully saturated rings. The van der Waals surface area contributed by atoms with Gasteiger partial charge in [-0.25, -0.2) is 4.39 Å². The van der Waals surface area contributed by atoms with Gasteiger partial charge in [-0.05, 0) is 73.9 Å². The van der Waals surface area contributed by atoms with Crippen LogP contribution in [-0.4, -0.2) is 35.8 Å². The SMILES string of the molecule is Cc1cc(CCOc2ccc(-c3c(C)nc(C)c(CC(=O)O)c3N3CCC(C)(C)CC3)cc2)ccc1F. The number of aliphatic carboxylic acids is 1. The fraction of sp³-hybridized carbons (Fsp3) is 0.419. The van der Waals surface area contributed by atoms with Crippen molar-refractivity contribution in [1.82, 2.24) is 4.98 Å². The van der Waals surface area contributed by atoms with Gasteiger partial charge in [-0.3, -0.25) is 9.78 Å². The van der Waals surface area contributed by atoms with Crippen LogP contribution in [0.2, 0.25) is 0 Å². The van der Waals surface area contributed by atoms with Crippen LogP contribution in [0.1, 0.15) is 54.8 Å². The summed E-state index contributed by atoms with van der Waals surface area (Å²) in [5.41, 5.74) is 7.42. The van der Waals surface area contributed by atoms with Crippen LogP contribution in [0.5, 0.6) is 5.75 Å². The highest BCUT2D eigenvalue weighted by Crippen LogP contribution is 2.41. The molecule has 0 atom stereocenters. The fourth-order valence-electron chi connectivity index (χ4n) is 5.13. The summed E-state index contributed by atoms with van der Waals surface area (Å²) >= 11 is 0. The Morgan fingerprint density at radius 3 is 2.35 bits per heavy atom. The number of hydrogen-bond donors (Lipinski definition) is 1. The minimum absolute atomic E-state index is 0.0502. The molecule has 1 N–H and O–H groups in total. The number of nitrogens with zero attached hydrogens (tertiary/aromatic N) is 2. The van der Waals surface area contributed by atoms with Crippen LogP contribution in [0.15, 0.2) is 42.5 Å². The molecule has 0 unspecified atom stereocenters. The van der Waals surface area contributed by atoms with Crippen LogP contribution < -0.4 is 9.64 Å². The van der Waals surface area contributed by atoms with Gasteiger partial charge in [-0.2, -0.15) is 0 Å². The van der Waals surface area contributed by atoms with Crippen molar-refractivity contribution in [3.05, 3.63) is 76.4 Å². The van der Waals surface area contributed by atoms with E-state index in [1.165, 1.54) is 6.07 Å². The van der Waals surface area contributed by atoms with E-state index in [1.807, 2.05) is 44.2 Å². The number of anilines is 1. The average Bonchev–Trinajstić information content (AvgIpc) is 2.83. The lowest BCUT2D eigenvalue weighted by atomic mass is 9.82. The van der Waals surface area contributed by atoms with E-state index in [4.69, 9.17) is 9.72 Å². The zero-order chi connectivity index (χ0) is 26.7. The van der Waals surface area contributed by atoms with Crippen molar-refractivity contribution in [2.45, 2.75) is 60.3 Å². The molecule has 6 heteroatoms. The summed E-state index contributed by atoms with van der Waals surface area (Å²) in [5.74, 6) is -0.286. The number of carbonyl (C=O) groups is 1. The molecule has 196 valence electrons. The van der Waals surface area contributed by atoms with Crippen LogP contribution in [0, 0.1) is 32.0 Å². The first-order chi connectivity index (χ1) is 17.5. The van der Waals surface area contributed by atoms with Gasteiger partial charge in [0.1, 0.15) is 11.6 Å². The van der Waals surface area contributed by atoms with Crippen molar-refractivity contribution >= 4 is 11.7 Å². The Balaban J connectivity index is 1.60.